The Hall–Kier alpha value is -3.03. The number of amides is 4. The molecule has 27 heavy (non-hydrogen) atoms. The monoisotopic (exact) mass is 370 g/mol. The minimum atomic E-state index is -0.270. The summed E-state index contributed by atoms with van der Waals surface area (Å²) in [6.45, 7) is 7.88. The number of likely N-dealkylation sites (N-methyl/N-ethyl adjacent to an activating group) is 1. The Morgan fingerprint density at radius 3 is 2.48 bits per heavy atom. The van der Waals surface area contributed by atoms with Crippen molar-refractivity contribution in [2.75, 3.05) is 30.4 Å². The normalized spacial score (nSPS) is 15.2. The number of anilines is 2. The Labute approximate surface area is 159 Å². The summed E-state index contributed by atoms with van der Waals surface area (Å²) in [6, 6.07) is 8.94. The number of hydrogen-bond acceptors (Lipinski definition) is 3. The molecule has 1 aromatic carbocycles. The summed E-state index contributed by atoms with van der Waals surface area (Å²) in [5.74, 6) is 0. The Kier molecular flexibility index (Phi) is 5.34. The number of carbonyl (C=O) groups excluding carboxylic acids is 2. The summed E-state index contributed by atoms with van der Waals surface area (Å²) in [4.78, 5) is 27.7. The second-order valence-corrected chi connectivity index (χ2v) is 7.01. The minimum Gasteiger partial charge on any atom is -0.334 e. The Balaban J connectivity index is 1.53. The van der Waals surface area contributed by atoms with E-state index in [0.29, 0.717) is 25.3 Å². The van der Waals surface area contributed by atoms with Gasteiger partial charge in [0.25, 0.3) is 0 Å². The molecule has 0 unspecified atom stereocenters. The number of rotatable bonds is 5. The quantitative estimate of drug-likeness (QED) is 0.849. The van der Waals surface area contributed by atoms with Crippen molar-refractivity contribution in [2.45, 2.75) is 33.4 Å². The summed E-state index contributed by atoms with van der Waals surface area (Å²) >= 11 is 0. The van der Waals surface area contributed by atoms with E-state index in [1.807, 2.05) is 43.7 Å². The van der Waals surface area contributed by atoms with E-state index in [0.717, 1.165) is 17.1 Å². The van der Waals surface area contributed by atoms with Crippen LogP contribution in [0.25, 0.3) is 0 Å². The molecule has 1 saturated heterocycles. The number of nitrogens with one attached hydrogen (secondary N) is 2. The first-order valence-electron chi connectivity index (χ1n) is 9.05. The van der Waals surface area contributed by atoms with Gasteiger partial charge in [0.15, 0.2) is 0 Å². The van der Waals surface area contributed by atoms with E-state index >= 15 is 0 Å². The van der Waals surface area contributed by atoms with Crippen molar-refractivity contribution in [1.29, 1.82) is 0 Å². The van der Waals surface area contributed by atoms with Crippen LogP contribution in [-0.2, 0) is 6.54 Å². The van der Waals surface area contributed by atoms with Crippen LogP contribution in [0.1, 0.15) is 18.3 Å². The van der Waals surface area contributed by atoms with Gasteiger partial charge >= 0.3 is 12.1 Å². The molecule has 2 N–H and O–H groups in total. The third-order valence-electron chi connectivity index (χ3n) is 4.58. The molecule has 0 radical (unpaired) electrons. The zero-order valence-electron chi connectivity index (χ0n) is 16.2. The van der Waals surface area contributed by atoms with Crippen LogP contribution in [0.4, 0.5) is 21.0 Å². The van der Waals surface area contributed by atoms with E-state index in [1.54, 1.807) is 29.0 Å². The van der Waals surface area contributed by atoms with E-state index in [-0.39, 0.29) is 18.1 Å². The van der Waals surface area contributed by atoms with Gasteiger partial charge in [-0.15, -0.1) is 0 Å². The largest absolute Gasteiger partial charge is 0.334 e. The van der Waals surface area contributed by atoms with Crippen LogP contribution < -0.4 is 15.5 Å². The van der Waals surface area contributed by atoms with E-state index in [4.69, 9.17) is 0 Å². The maximum atomic E-state index is 12.2. The molecule has 0 aliphatic carbocycles. The fourth-order valence-electron chi connectivity index (χ4n) is 3.17. The summed E-state index contributed by atoms with van der Waals surface area (Å²) in [7, 11) is 1.79. The summed E-state index contributed by atoms with van der Waals surface area (Å²) in [6.07, 6.45) is 0. The van der Waals surface area contributed by atoms with E-state index in [1.165, 1.54) is 0 Å². The molecule has 1 aliphatic heterocycles. The minimum absolute atomic E-state index is 0.00794. The maximum absolute atomic E-state index is 12.2. The van der Waals surface area contributed by atoms with Crippen molar-refractivity contribution in [1.82, 2.24) is 20.0 Å². The number of hydrogen-bond donors (Lipinski definition) is 2. The highest BCUT2D eigenvalue weighted by atomic mass is 16.2. The summed E-state index contributed by atoms with van der Waals surface area (Å²) < 4.78 is 1.89. The van der Waals surface area contributed by atoms with Gasteiger partial charge in [-0.05, 0) is 51.1 Å². The molecule has 2 aromatic rings. The fourth-order valence-corrected chi connectivity index (χ4v) is 3.17. The van der Waals surface area contributed by atoms with Crippen molar-refractivity contribution >= 4 is 23.4 Å². The van der Waals surface area contributed by atoms with Crippen molar-refractivity contribution in [3.05, 3.63) is 41.7 Å². The number of benzene rings is 1. The zero-order valence-corrected chi connectivity index (χ0v) is 16.2. The first-order valence-corrected chi connectivity index (χ1v) is 9.05. The molecule has 3 rings (SSSR count). The lowest BCUT2D eigenvalue weighted by Crippen LogP contribution is -2.39. The van der Waals surface area contributed by atoms with Gasteiger partial charge < -0.3 is 15.5 Å². The number of carbonyl (C=O) groups is 2. The average molecular weight is 370 g/mol. The number of aromatic nitrogens is 2. The molecule has 1 aliphatic rings. The maximum Gasteiger partial charge on any atom is 0.324 e. The SMILES string of the molecule is Cc1cc(C)n(C[C@@H](C)NC(=O)Nc2ccc(N3CCN(C)C3=O)cc2)n1. The topological polar surface area (TPSA) is 82.5 Å². The van der Waals surface area contributed by atoms with Crippen LogP contribution in [0.2, 0.25) is 0 Å². The molecule has 1 aromatic heterocycles. The van der Waals surface area contributed by atoms with Gasteiger partial charge in [-0.3, -0.25) is 9.58 Å². The van der Waals surface area contributed by atoms with Crippen LogP contribution in [0.3, 0.4) is 0 Å². The van der Waals surface area contributed by atoms with Crippen LogP contribution in [0, 0.1) is 13.8 Å². The second-order valence-electron chi connectivity index (χ2n) is 7.01. The van der Waals surface area contributed by atoms with Gasteiger partial charge in [-0.2, -0.15) is 5.10 Å². The highest BCUT2D eigenvalue weighted by molar-refractivity contribution is 5.94. The first kappa shape index (κ1) is 18.8. The lowest BCUT2D eigenvalue weighted by Gasteiger charge is -2.17. The van der Waals surface area contributed by atoms with Crippen LogP contribution in [0.15, 0.2) is 30.3 Å². The van der Waals surface area contributed by atoms with Gasteiger partial charge in [0, 0.05) is 43.2 Å². The zero-order chi connectivity index (χ0) is 19.6. The predicted octanol–water partition coefficient (Wildman–Crippen LogP) is 2.58. The Morgan fingerprint density at radius 2 is 1.93 bits per heavy atom. The average Bonchev–Trinajstić information content (AvgIpc) is 3.10. The van der Waals surface area contributed by atoms with Crippen LogP contribution in [-0.4, -0.2) is 52.9 Å². The molecule has 2 heterocycles. The van der Waals surface area contributed by atoms with Crippen molar-refractivity contribution < 1.29 is 9.59 Å². The first-order chi connectivity index (χ1) is 12.8. The number of urea groups is 2. The summed E-state index contributed by atoms with van der Waals surface area (Å²) in [5, 5.41) is 10.1. The van der Waals surface area contributed by atoms with Gasteiger partial charge in [0.05, 0.1) is 12.2 Å². The second kappa shape index (κ2) is 7.69. The summed E-state index contributed by atoms with van der Waals surface area (Å²) in [5.41, 5.74) is 3.54. The molecule has 0 spiro atoms. The third-order valence-corrected chi connectivity index (χ3v) is 4.58. The van der Waals surface area contributed by atoms with Gasteiger partial charge in [0.2, 0.25) is 0 Å². The molecule has 1 atom stereocenters. The van der Waals surface area contributed by atoms with Gasteiger partial charge in [-0.25, -0.2) is 9.59 Å². The molecule has 8 nitrogen and oxygen atoms in total. The molecular formula is C19H26N6O2. The predicted molar refractivity (Wildman–Crippen MR) is 105 cm³/mol. The molecule has 4 amide bonds. The molecule has 8 heteroatoms. The lowest BCUT2D eigenvalue weighted by molar-refractivity contribution is 0.229. The number of aryl methyl sites for hydroxylation is 2. The standard InChI is InChI=1S/C19H26N6O2/c1-13-11-15(3)25(22-13)12-14(2)20-18(26)21-16-5-7-17(8-6-16)24-10-9-23(4)19(24)27/h5-8,11,14H,9-10,12H2,1-4H3,(H2,20,21,26)/t14-/m1/s1. The number of nitrogens with zero attached hydrogens (tertiary/aromatic N) is 4. The highest BCUT2D eigenvalue weighted by Gasteiger charge is 2.26. The smallest absolute Gasteiger partial charge is 0.324 e. The Morgan fingerprint density at radius 1 is 1.22 bits per heavy atom. The molecular weight excluding hydrogens is 344 g/mol. The molecule has 1 fully saturated rings. The van der Waals surface area contributed by atoms with Gasteiger partial charge in [0.1, 0.15) is 0 Å². The van der Waals surface area contributed by atoms with Crippen LogP contribution in [0.5, 0.6) is 0 Å². The lowest BCUT2D eigenvalue weighted by atomic mass is 10.2. The van der Waals surface area contributed by atoms with E-state index in [2.05, 4.69) is 15.7 Å². The molecule has 0 saturated carbocycles. The van der Waals surface area contributed by atoms with Crippen LogP contribution >= 0.6 is 0 Å². The van der Waals surface area contributed by atoms with Crippen molar-refractivity contribution in [3.63, 3.8) is 0 Å². The van der Waals surface area contributed by atoms with Crippen molar-refractivity contribution in [2.24, 2.45) is 0 Å². The molecule has 144 valence electrons. The van der Waals surface area contributed by atoms with E-state index in [9.17, 15) is 9.59 Å². The third kappa shape index (κ3) is 4.39. The molecule has 0 bridgehead atoms. The Bertz CT molecular complexity index is 829. The van der Waals surface area contributed by atoms with Crippen molar-refractivity contribution in [3.8, 4) is 0 Å². The van der Waals surface area contributed by atoms with E-state index < -0.39 is 0 Å². The fraction of sp³-hybridized carbons (Fsp3) is 0.421. The van der Waals surface area contributed by atoms with Gasteiger partial charge in [-0.1, -0.05) is 0 Å². The highest BCUT2D eigenvalue weighted by Crippen LogP contribution is 2.21.